The summed E-state index contributed by atoms with van der Waals surface area (Å²) < 4.78 is 4.86. The van der Waals surface area contributed by atoms with E-state index in [-0.39, 0.29) is 0 Å². The van der Waals surface area contributed by atoms with Crippen LogP contribution >= 0.6 is 0 Å². The monoisotopic (exact) mass is 114 g/mol. The summed E-state index contributed by atoms with van der Waals surface area (Å²) in [5.74, 6) is 0. The van der Waals surface area contributed by atoms with Crippen LogP contribution < -0.4 is 0 Å². The standard InChI is InChI=1S/C6H10O2/c1-3-8-5-6(2)4-7/h4H,2-3,5H2,1H3. The first-order chi connectivity index (χ1) is 3.81. The van der Waals surface area contributed by atoms with Gasteiger partial charge in [0.1, 0.15) is 6.29 Å². The Morgan fingerprint density at radius 3 is 2.88 bits per heavy atom. The average molecular weight is 114 g/mol. The van der Waals surface area contributed by atoms with Crippen molar-refractivity contribution in [3.63, 3.8) is 0 Å². The van der Waals surface area contributed by atoms with E-state index in [4.69, 9.17) is 4.74 Å². The fourth-order valence-corrected chi connectivity index (χ4v) is 0.267. The zero-order valence-corrected chi connectivity index (χ0v) is 5.02. The topological polar surface area (TPSA) is 26.3 Å². The van der Waals surface area contributed by atoms with Crippen molar-refractivity contribution in [2.75, 3.05) is 13.2 Å². The van der Waals surface area contributed by atoms with Gasteiger partial charge in [-0.05, 0) is 6.92 Å². The Kier molecular flexibility index (Phi) is 4.17. The molecule has 0 atom stereocenters. The predicted octanol–water partition coefficient (Wildman–Crippen LogP) is 0.778. The van der Waals surface area contributed by atoms with E-state index < -0.39 is 0 Å². The van der Waals surface area contributed by atoms with E-state index >= 15 is 0 Å². The van der Waals surface area contributed by atoms with Crippen molar-refractivity contribution in [1.82, 2.24) is 0 Å². The number of carbonyl (C=O) groups excluding carboxylic acids is 1. The molecule has 2 heteroatoms. The molecule has 2 nitrogen and oxygen atoms in total. The Balaban J connectivity index is 3.11. The number of carbonyl (C=O) groups is 1. The third kappa shape index (κ3) is 3.56. The molecule has 46 valence electrons. The third-order valence-corrected chi connectivity index (χ3v) is 0.658. The quantitative estimate of drug-likeness (QED) is 0.398. The first-order valence-electron chi connectivity index (χ1n) is 2.52. The van der Waals surface area contributed by atoms with Gasteiger partial charge in [0.2, 0.25) is 0 Å². The van der Waals surface area contributed by atoms with Crippen LogP contribution in [0.25, 0.3) is 0 Å². The molecule has 0 fully saturated rings. The smallest absolute Gasteiger partial charge is 0.147 e. The molecule has 0 aliphatic heterocycles. The lowest BCUT2D eigenvalue weighted by Gasteiger charge is -1.94. The van der Waals surface area contributed by atoms with Crippen molar-refractivity contribution in [3.05, 3.63) is 12.2 Å². The van der Waals surface area contributed by atoms with Crippen LogP contribution in [-0.2, 0) is 9.53 Å². The van der Waals surface area contributed by atoms with Gasteiger partial charge in [0.15, 0.2) is 0 Å². The Morgan fingerprint density at radius 1 is 1.88 bits per heavy atom. The van der Waals surface area contributed by atoms with Gasteiger partial charge < -0.3 is 4.74 Å². The SMILES string of the molecule is C=C(C=O)COCC. The Bertz CT molecular complexity index is 86.5. The van der Waals surface area contributed by atoms with Crippen molar-refractivity contribution in [2.24, 2.45) is 0 Å². The highest BCUT2D eigenvalue weighted by atomic mass is 16.5. The molecule has 0 aromatic rings. The molecule has 0 bridgehead atoms. The lowest BCUT2D eigenvalue weighted by Crippen LogP contribution is -1.96. The van der Waals surface area contributed by atoms with Crippen molar-refractivity contribution in [1.29, 1.82) is 0 Å². The first kappa shape index (κ1) is 7.37. The molecule has 8 heavy (non-hydrogen) atoms. The molecule has 0 aliphatic carbocycles. The third-order valence-electron chi connectivity index (χ3n) is 0.658. The molecular weight excluding hydrogens is 104 g/mol. The van der Waals surface area contributed by atoms with Gasteiger partial charge >= 0.3 is 0 Å². The maximum atomic E-state index is 9.83. The minimum Gasteiger partial charge on any atom is -0.377 e. The largest absolute Gasteiger partial charge is 0.377 e. The van der Waals surface area contributed by atoms with Crippen molar-refractivity contribution < 1.29 is 9.53 Å². The number of rotatable bonds is 4. The maximum absolute atomic E-state index is 9.83. The van der Waals surface area contributed by atoms with Crippen LogP contribution in [0.4, 0.5) is 0 Å². The van der Waals surface area contributed by atoms with Gasteiger partial charge in [0.05, 0.1) is 6.61 Å². The Hall–Kier alpha value is -0.630. The summed E-state index contributed by atoms with van der Waals surface area (Å²) in [5, 5.41) is 0. The molecular formula is C6H10O2. The first-order valence-corrected chi connectivity index (χ1v) is 2.52. The molecule has 0 saturated heterocycles. The summed E-state index contributed by atoms with van der Waals surface area (Å²) in [7, 11) is 0. The van der Waals surface area contributed by atoms with Gasteiger partial charge in [0, 0.05) is 12.2 Å². The average Bonchev–Trinajstić information content (AvgIpc) is 1.83. The van der Waals surface area contributed by atoms with E-state index in [1.165, 1.54) is 0 Å². The summed E-state index contributed by atoms with van der Waals surface area (Å²) in [5.41, 5.74) is 0.492. The van der Waals surface area contributed by atoms with Crippen molar-refractivity contribution in [3.8, 4) is 0 Å². The molecule has 0 heterocycles. The Labute approximate surface area is 49.1 Å². The van der Waals surface area contributed by atoms with Crippen molar-refractivity contribution in [2.45, 2.75) is 6.92 Å². The number of hydrogen-bond donors (Lipinski definition) is 0. The molecule has 0 rings (SSSR count). The van der Waals surface area contributed by atoms with Crippen LogP contribution in [0.5, 0.6) is 0 Å². The van der Waals surface area contributed by atoms with Gasteiger partial charge in [-0.15, -0.1) is 0 Å². The van der Waals surface area contributed by atoms with Crippen LogP contribution in [0.15, 0.2) is 12.2 Å². The zero-order chi connectivity index (χ0) is 6.41. The van der Waals surface area contributed by atoms with Crippen LogP contribution in [0.1, 0.15) is 6.92 Å². The molecule has 0 N–H and O–H groups in total. The molecule has 0 unspecified atom stereocenters. The van der Waals surface area contributed by atoms with Gasteiger partial charge in [-0.25, -0.2) is 0 Å². The fourth-order valence-electron chi connectivity index (χ4n) is 0.267. The van der Waals surface area contributed by atoms with Gasteiger partial charge in [-0.2, -0.15) is 0 Å². The van der Waals surface area contributed by atoms with Gasteiger partial charge in [-0.1, -0.05) is 6.58 Å². The van der Waals surface area contributed by atoms with E-state index in [1.54, 1.807) is 0 Å². The lowest BCUT2D eigenvalue weighted by atomic mass is 10.4. The second kappa shape index (κ2) is 4.53. The van der Waals surface area contributed by atoms with E-state index in [0.29, 0.717) is 25.1 Å². The summed E-state index contributed by atoms with van der Waals surface area (Å²) in [6, 6.07) is 0. The van der Waals surface area contributed by atoms with E-state index in [1.807, 2.05) is 6.92 Å². The zero-order valence-electron chi connectivity index (χ0n) is 5.02. The van der Waals surface area contributed by atoms with Crippen LogP contribution in [0, 0.1) is 0 Å². The summed E-state index contributed by atoms with van der Waals surface area (Å²) in [6.07, 6.45) is 0.704. The van der Waals surface area contributed by atoms with Crippen LogP contribution in [0.3, 0.4) is 0 Å². The van der Waals surface area contributed by atoms with E-state index in [9.17, 15) is 4.79 Å². The minimum atomic E-state index is 0.361. The van der Waals surface area contributed by atoms with E-state index in [2.05, 4.69) is 6.58 Å². The van der Waals surface area contributed by atoms with Crippen LogP contribution in [-0.4, -0.2) is 19.5 Å². The summed E-state index contributed by atoms with van der Waals surface area (Å²) in [6.45, 7) is 6.28. The molecule has 0 spiro atoms. The summed E-state index contributed by atoms with van der Waals surface area (Å²) in [4.78, 5) is 9.83. The highest BCUT2D eigenvalue weighted by Gasteiger charge is 1.86. The number of ether oxygens (including phenoxy) is 1. The van der Waals surface area contributed by atoms with Crippen molar-refractivity contribution >= 4 is 6.29 Å². The van der Waals surface area contributed by atoms with Crippen LogP contribution in [0.2, 0.25) is 0 Å². The second-order valence-corrected chi connectivity index (χ2v) is 1.41. The molecule has 0 aliphatic rings. The number of aldehydes is 1. The molecule has 0 saturated carbocycles. The maximum Gasteiger partial charge on any atom is 0.147 e. The van der Waals surface area contributed by atoms with E-state index in [0.717, 1.165) is 0 Å². The molecule has 0 radical (unpaired) electrons. The second-order valence-electron chi connectivity index (χ2n) is 1.41. The Morgan fingerprint density at radius 2 is 2.50 bits per heavy atom. The highest BCUT2D eigenvalue weighted by molar-refractivity contribution is 5.72. The molecule has 0 aromatic carbocycles. The summed E-state index contributed by atoms with van der Waals surface area (Å²) >= 11 is 0. The lowest BCUT2D eigenvalue weighted by molar-refractivity contribution is -0.105. The predicted molar refractivity (Wildman–Crippen MR) is 31.7 cm³/mol. The molecule has 0 aromatic heterocycles. The minimum absolute atomic E-state index is 0.361. The number of hydrogen-bond acceptors (Lipinski definition) is 2. The van der Waals surface area contributed by atoms with Gasteiger partial charge in [-0.3, -0.25) is 4.79 Å². The van der Waals surface area contributed by atoms with Gasteiger partial charge in [0.25, 0.3) is 0 Å². The molecule has 0 amide bonds. The normalized spacial score (nSPS) is 8.62. The fraction of sp³-hybridized carbons (Fsp3) is 0.500. The highest BCUT2D eigenvalue weighted by Crippen LogP contribution is 1.83.